The van der Waals surface area contributed by atoms with E-state index in [-0.39, 0.29) is 17.6 Å². The van der Waals surface area contributed by atoms with Crippen molar-refractivity contribution in [1.29, 1.82) is 0 Å². The summed E-state index contributed by atoms with van der Waals surface area (Å²) >= 11 is 3.49. The van der Waals surface area contributed by atoms with Crippen LogP contribution in [0.4, 0.5) is 5.82 Å². The van der Waals surface area contributed by atoms with Crippen molar-refractivity contribution >= 4 is 27.4 Å². The number of hydrogen-bond acceptors (Lipinski definition) is 5. The number of hydrogen-bond donors (Lipinski definition) is 3. The van der Waals surface area contributed by atoms with E-state index in [4.69, 9.17) is 4.74 Å². The van der Waals surface area contributed by atoms with Gasteiger partial charge in [-0.05, 0) is 53.0 Å². The first-order chi connectivity index (χ1) is 12.1. The van der Waals surface area contributed by atoms with Crippen molar-refractivity contribution in [2.45, 2.75) is 18.9 Å². The molecule has 1 aromatic carbocycles. The maximum Gasteiger partial charge on any atom is 0.139 e. The maximum absolute atomic E-state index is 10.3. The number of nitrogens with one attached hydrogen (secondary N) is 1. The van der Waals surface area contributed by atoms with Gasteiger partial charge in [0.05, 0.1) is 6.10 Å². The molecule has 25 heavy (non-hydrogen) atoms. The van der Waals surface area contributed by atoms with Crippen molar-refractivity contribution in [1.82, 2.24) is 9.38 Å². The number of benzene rings is 1. The highest BCUT2D eigenvalue weighted by Gasteiger charge is 2.20. The Kier molecular flexibility index (Phi) is 4.27. The van der Waals surface area contributed by atoms with Gasteiger partial charge in [-0.3, -0.25) is 4.40 Å². The van der Waals surface area contributed by atoms with Gasteiger partial charge in [-0.2, -0.15) is 0 Å². The zero-order chi connectivity index (χ0) is 17.4. The molecule has 0 bridgehead atoms. The molecule has 0 saturated carbocycles. The van der Waals surface area contributed by atoms with E-state index in [1.807, 2.05) is 22.7 Å². The molecule has 3 aromatic rings. The van der Waals surface area contributed by atoms with Crippen molar-refractivity contribution < 1.29 is 14.9 Å². The number of halogens is 1. The normalized spacial score (nSPS) is 17.2. The number of anilines is 1. The minimum atomic E-state index is -0.0114. The molecular weight excluding hydrogens is 386 g/mol. The molecule has 3 heterocycles. The molecule has 6 nitrogen and oxygen atoms in total. The minimum absolute atomic E-state index is 0.0114. The Balaban J connectivity index is 1.79. The van der Waals surface area contributed by atoms with E-state index in [1.54, 1.807) is 12.1 Å². The number of phenols is 2. The van der Waals surface area contributed by atoms with E-state index in [0.29, 0.717) is 17.8 Å². The van der Waals surface area contributed by atoms with Crippen LogP contribution in [0.2, 0.25) is 0 Å². The second-order valence-electron chi connectivity index (χ2n) is 6.10. The highest BCUT2D eigenvalue weighted by atomic mass is 79.9. The Hall–Kier alpha value is -2.25. The number of aromatic hydroxyl groups is 2. The first-order valence-electron chi connectivity index (χ1n) is 8.17. The quantitative estimate of drug-likeness (QED) is 0.617. The summed E-state index contributed by atoms with van der Waals surface area (Å²) in [7, 11) is 0. The molecule has 7 heteroatoms. The SMILES string of the molecule is Oc1ccc(-c2nc3ccc(Br)cn3c2NCC2CCCO2)c(O)c1. The highest BCUT2D eigenvalue weighted by molar-refractivity contribution is 9.10. The first-order valence-corrected chi connectivity index (χ1v) is 8.96. The molecule has 1 atom stereocenters. The number of nitrogens with zero attached hydrogens (tertiary/aromatic N) is 2. The molecule has 1 aliphatic heterocycles. The number of aromatic nitrogens is 2. The fraction of sp³-hybridized carbons (Fsp3) is 0.278. The van der Waals surface area contributed by atoms with E-state index < -0.39 is 0 Å². The molecule has 0 radical (unpaired) electrons. The standard InChI is InChI=1S/C18H18BrN3O3/c19-11-3-6-16-21-17(14-5-4-12(23)8-15(14)24)18(22(16)10-11)20-9-13-2-1-7-25-13/h3-6,8,10,13,20,23-24H,1-2,7,9H2. The predicted molar refractivity (Wildman–Crippen MR) is 99.1 cm³/mol. The highest BCUT2D eigenvalue weighted by Crippen LogP contribution is 2.37. The van der Waals surface area contributed by atoms with Gasteiger partial charge in [-0.1, -0.05) is 0 Å². The third kappa shape index (κ3) is 3.17. The molecule has 1 unspecified atom stereocenters. The number of ether oxygens (including phenoxy) is 1. The fourth-order valence-corrected chi connectivity index (χ4v) is 3.45. The van der Waals surface area contributed by atoms with Gasteiger partial charge in [0, 0.05) is 35.5 Å². The number of pyridine rings is 1. The molecule has 4 rings (SSSR count). The molecule has 130 valence electrons. The van der Waals surface area contributed by atoms with Crippen LogP contribution >= 0.6 is 15.9 Å². The van der Waals surface area contributed by atoms with Crippen LogP contribution in [0.25, 0.3) is 16.9 Å². The van der Waals surface area contributed by atoms with Crippen molar-refractivity contribution in [3.05, 3.63) is 41.0 Å². The van der Waals surface area contributed by atoms with Crippen LogP contribution in [0.1, 0.15) is 12.8 Å². The summed E-state index contributed by atoms with van der Waals surface area (Å²) in [5, 5.41) is 23.2. The van der Waals surface area contributed by atoms with Gasteiger partial charge in [-0.25, -0.2) is 4.98 Å². The minimum Gasteiger partial charge on any atom is -0.508 e. The van der Waals surface area contributed by atoms with Crippen LogP contribution in [0, 0.1) is 0 Å². The van der Waals surface area contributed by atoms with Crippen LogP contribution in [-0.2, 0) is 4.74 Å². The van der Waals surface area contributed by atoms with Gasteiger partial charge in [0.15, 0.2) is 0 Å². The lowest BCUT2D eigenvalue weighted by molar-refractivity contribution is 0.120. The third-order valence-electron chi connectivity index (χ3n) is 4.34. The fourth-order valence-electron chi connectivity index (χ4n) is 3.11. The average molecular weight is 404 g/mol. The first kappa shape index (κ1) is 16.2. The Morgan fingerprint density at radius 1 is 1.28 bits per heavy atom. The average Bonchev–Trinajstić information content (AvgIpc) is 3.20. The Morgan fingerprint density at radius 3 is 2.92 bits per heavy atom. The van der Waals surface area contributed by atoms with Crippen molar-refractivity contribution in [2.75, 3.05) is 18.5 Å². The molecule has 1 fully saturated rings. The second-order valence-corrected chi connectivity index (χ2v) is 7.02. The number of fused-ring (bicyclic) bond motifs is 1. The lowest BCUT2D eigenvalue weighted by atomic mass is 10.1. The van der Waals surface area contributed by atoms with Crippen molar-refractivity contribution in [3.8, 4) is 22.8 Å². The van der Waals surface area contributed by atoms with Gasteiger partial charge >= 0.3 is 0 Å². The zero-order valence-electron chi connectivity index (χ0n) is 13.4. The van der Waals surface area contributed by atoms with Crippen LogP contribution in [-0.4, -0.2) is 38.9 Å². The third-order valence-corrected chi connectivity index (χ3v) is 4.81. The molecule has 1 saturated heterocycles. The van der Waals surface area contributed by atoms with Gasteiger partial charge in [0.25, 0.3) is 0 Å². The second kappa shape index (κ2) is 6.57. The molecule has 0 aliphatic carbocycles. The molecule has 1 aliphatic rings. The Labute approximate surface area is 153 Å². The zero-order valence-corrected chi connectivity index (χ0v) is 15.0. The molecule has 0 spiro atoms. The summed E-state index contributed by atoms with van der Waals surface area (Å²) in [6.45, 7) is 1.48. The van der Waals surface area contributed by atoms with Crippen LogP contribution in [0.3, 0.4) is 0 Å². The maximum atomic E-state index is 10.3. The van der Waals surface area contributed by atoms with Gasteiger partial charge in [0.1, 0.15) is 28.7 Å². The van der Waals surface area contributed by atoms with E-state index in [2.05, 4.69) is 26.2 Å². The summed E-state index contributed by atoms with van der Waals surface area (Å²) in [6, 6.07) is 8.35. The lowest BCUT2D eigenvalue weighted by Crippen LogP contribution is -2.19. The Morgan fingerprint density at radius 2 is 2.16 bits per heavy atom. The summed E-state index contributed by atoms with van der Waals surface area (Å²) in [6.07, 6.45) is 4.23. The molecule has 2 aromatic heterocycles. The number of imidazole rings is 1. The van der Waals surface area contributed by atoms with Gasteiger partial charge < -0.3 is 20.3 Å². The Bertz CT molecular complexity index is 919. The van der Waals surface area contributed by atoms with Crippen LogP contribution in [0.5, 0.6) is 11.5 Å². The molecule has 0 amide bonds. The van der Waals surface area contributed by atoms with Crippen molar-refractivity contribution in [2.24, 2.45) is 0 Å². The van der Waals surface area contributed by atoms with E-state index in [0.717, 1.165) is 35.4 Å². The smallest absolute Gasteiger partial charge is 0.139 e. The summed E-state index contributed by atoms with van der Waals surface area (Å²) in [4.78, 5) is 4.66. The van der Waals surface area contributed by atoms with Crippen LogP contribution < -0.4 is 5.32 Å². The summed E-state index contributed by atoms with van der Waals surface area (Å²) in [5.74, 6) is 0.789. The topological polar surface area (TPSA) is 79.0 Å². The monoisotopic (exact) mass is 403 g/mol. The largest absolute Gasteiger partial charge is 0.508 e. The molecule has 3 N–H and O–H groups in total. The number of phenolic OH excluding ortho intramolecular Hbond substituents is 2. The molecular formula is C18H18BrN3O3. The van der Waals surface area contributed by atoms with E-state index >= 15 is 0 Å². The lowest BCUT2D eigenvalue weighted by Gasteiger charge is -2.13. The van der Waals surface area contributed by atoms with E-state index in [1.165, 1.54) is 6.07 Å². The van der Waals surface area contributed by atoms with Gasteiger partial charge in [0.2, 0.25) is 0 Å². The van der Waals surface area contributed by atoms with E-state index in [9.17, 15) is 10.2 Å². The number of rotatable bonds is 4. The van der Waals surface area contributed by atoms with Gasteiger partial charge in [-0.15, -0.1) is 0 Å². The summed E-state index contributed by atoms with van der Waals surface area (Å²) in [5.41, 5.74) is 1.96. The summed E-state index contributed by atoms with van der Waals surface area (Å²) < 4.78 is 8.56. The predicted octanol–water partition coefficient (Wildman–Crippen LogP) is 3.77. The van der Waals surface area contributed by atoms with Crippen molar-refractivity contribution in [3.63, 3.8) is 0 Å². The van der Waals surface area contributed by atoms with Crippen LogP contribution in [0.15, 0.2) is 41.0 Å².